The van der Waals surface area contributed by atoms with Gasteiger partial charge < -0.3 is 14.9 Å². The summed E-state index contributed by atoms with van der Waals surface area (Å²) in [5.41, 5.74) is 0.616. The molecular formula is C15H23NO4. The zero-order valence-corrected chi connectivity index (χ0v) is 12.3. The van der Waals surface area contributed by atoms with Crippen molar-refractivity contribution in [2.24, 2.45) is 0 Å². The first kappa shape index (κ1) is 16.3. The van der Waals surface area contributed by atoms with Crippen molar-refractivity contribution < 1.29 is 19.7 Å². The van der Waals surface area contributed by atoms with Gasteiger partial charge in [0, 0.05) is 0 Å². The van der Waals surface area contributed by atoms with Crippen LogP contribution in [-0.4, -0.2) is 41.3 Å². The Morgan fingerprint density at radius 3 is 2.60 bits per heavy atom. The average Bonchev–Trinajstić information content (AvgIpc) is 2.44. The maximum atomic E-state index is 11.6. The highest BCUT2D eigenvalue weighted by atomic mass is 16.5. The van der Waals surface area contributed by atoms with E-state index in [0.29, 0.717) is 17.9 Å². The van der Waals surface area contributed by atoms with Crippen molar-refractivity contribution >= 4 is 5.97 Å². The molecule has 0 saturated carbocycles. The van der Waals surface area contributed by atoms with Crippen LogP contribution in [-0.2, 0) is 4.79 Å². The van der Waals surface area contributed by atoms with Crippen LogP contribution in [0.25, 0.3) is 0 Å². The Balaban J connectivity index is 3.09. The van der Waals surface area contributed by atoms with Gasteiger partial charge in [-0.1, -0.05) is 26.3 Å². The molecule has 0 aliphatic rings. The highest BCUT2D eigenvalue weighted by molar-refractivity contribution is 5.76. The number of aliphatic carboxylic acids is 1. The first-order valence-corrected chi connectivity index (χ1v) is 6.88. The Bertz CT molecular complexity index is 447. The summed E-state index contributed by atoms with van der Waals surface area (Å²) in [6.45, 7) is 5.41. The lowest BCUT2D eigenvalue weighted by atomic mass is 10.0. The van der Waals surface area contributed by atoms with Crippen LogP contribution in [0.1, 0.15) is 38.3 Å². The molecular weight excluding hydrogens is 258 g/mol. The summed E-state index contributed by atoms with van der Waals surface area (Å²) in [5, 5.41) is 19.1. The quantitative estimate of drug-likeness (QED) is 0.766. The summed E-state index contributed by atoms with van der Waals surface area (Å²) in [5.74, 6) is -0.590. The Kier molecular flexibility index (Phi) is 6.31. The minimum atomic E-state index is -0.893. The van der Waals surface area contributed by atoms with E-state index in [1.54, 1.807) is 12.1 Å². The number of carboxylic acid groups (broad SMARTS) is 1. The average molecular weight is 281 g/mol. The summed E-state index contributed by atoms with van der Waals surface area (Å²) < 4.78 is 5.05. The maximum Gasteiger partial charge on any atom is 0.325 e. The van der Waals surface area contributed by atoms with Gasteiger partial charge in [0.25, 0.3) is 0 Å². The first-order valence-electron chi connectivity index (χ1n) is 6.88. The minimum absolute atomic E-state index is 0.0111. The lowest BCUT2D eigenvalue weighted by Gasteiger charge is -2.28. The number of phenolic OH excluding ortho intramolecular Hbond substituents is 1. The van der Waals surface area contributed by atoms with Crippen molar-refractivity contribution in [2.75, 3.05) is 20.2 Å². The molecule has 0 fully saturated rings. The molecule has 0 amide bonds. The minimum Gasteiger partial charge on any atom is -0.504 e. The number of unbranched alkanes of at least 4 members (excludes halogenated alkanes) is 1. The van der Waals surface area contributed by atoms with Crippen molar-refractivity contribution in [1.29, 1.82) is 0 Å². The van der Waals surface area contributed by atoms with Crippen LogP contribution in [0, 0.1) is 0 Å². The number of carboxylic acids is 1. The number of likely N-dealkylation sites (N-methyl/N-ethyl adjacent to an activating group) is 1. The first-order chi connectivity index (χ1) is 9.54. The summed E-state index contributed by atoms with van der Waals surface area (Å²) in [4.78, 5) is 13.5. The van der Waals surface area contributed by atoms with E-state index in [0.717, 1.165) is 19.4 Å². The number of benzene rings is 1. The molecule has 1 atom stereocenters. The van der Waals surface area contributed by atoms with Gasteiger partial charge in [-0.15, -0.1) is 0 Å². The Hall–Kier alpha value is -1.75. The summed E-state index contributed by atoms with van der Waals surface area (Å²) in [6.07, 6.45) is 1.97. The fraction of sp³-hybridized carbons (Fsp3) is 0.533. The third kappa shape index (κ3) is 3.87. The number of aromatic hydroxyl groups is 1. The third-order valence-corrected chi connectivity index (χ3v) is 3.32. The Labute approximate surface area is 119 Å². The predicted octanol–water partition coefficient (Wildman–Crippen LogP) is 2.65. The van der Waals surface area contributed by atoms with Gasteiger partial charge in [0.15, 0.2) is 11.5 Å². The molecule has 5 heteroatoms. The van der Waals surface area contributed by atoms with E-state index in [2.05, 4.69) is 6.92 Å². The topological polar surface area (TPSA) is 70.0 Å². The molecule has 2 N–H and O–H groups in total. The van der Waals surface area contributed by atoms with E-state index < -0.39 is 12.0 Å². The number of hydrogen-bond donors (Lipinski definition) is 2. The Morgan fingerprint density at radius 1 is 1.40 bits per heavy atom. The van der Waals surface area contributed by atoms with Crippen molar-refractivity contribution in [1.82, 2.24) is 4.90 Å². The second-order valence-corrected chi connectivity index (χ2v) is 4.65. The number of ether oxygens (including phenoxy) is 1. The molecule has 20 heavy (non-hydrogen) atoms. The highest BCUT2D eigenvalue weighted by Gasteiger charge is 2.26. The van der Waals surface area contributed by atoms with E-state index in [1.165, 1.54) is 13.2 Å². The number of rotatable bonds is 8. The van der Waals surface area contributed by atoms with Crippen LogP contribution in [0.4, 0.5) is 0 Å². The Morgan fingerprint density at radius 2 is 2.10 bits per heavy atom. The fourth-order valence-electron chi connectivity index (χ4n) is 2.20. The van der Waals surface area contributed by atoms with Crippen LogP contribution in [0.15, 0.2) is 18.2 Å². The van der Waals surface area contributed by atoms with Gasteiger partial charge in [-0.2, -0.15) is 0 Å². The second kappa shape index (κ2) is 7.75. The molecule has 1 aromatic carbocycles. The zero-order valence-electron chi connectivity index (χ0n) is 12.3. The molecule has 0 heterocycles. The number of hydrogen-bond acceptors (Lipinski definition) is 4. The molecule has 0 spiro atoms. The lowest BCUT2D eigenvalue weighted by Crippen LogP contribution is -2.34. The molecule has 0 aliphatic carbocycles. The summed E-state index contributed by atoms with van der Waals surface area (Å²) in [6, 6.07) is 3.96. The predicted molar refractivity (Wildman–Crippen MR) is 77.2 cm³/mol. The van der Waals surface area contributed by atoms with Gasteiger partial charge in [0.2, 0.25) is 0 Å². The van der Waals surface area contributed by atoms with Crippen molar-refractivity contribution in [3.63, 3.8) is 0 Å². The van der Waals surface area contributed by atoms with Crippen molar-refractivity contribution in [3.05, 3.63) is 23.8 Å². The standard InChI is InChI=1S/C15H23NO4/c1-4-6-9-16(5-2)14(15(18)19)11-7-8-12(17)13(10-11)20-3/h7-8,10,14,17H,4-6,9H2,1-3H3,(H,18,19). The van der Waals surface area contributed by atoms with Gasteiger partial charge in [0.1, 0.15) is 6.04 Å². The van der Waals surface area contributed by atoms with E-state index in [4.69, 9.17) is 4.74 Å². The molecule has 1 rings (SSSR count). The molecule has 112 valence electrons. The highest BCUT2D eigenvalue weighted by Crippen LogP contribution is 2.31. The monoisotopic (exact) mass is 281 g/mol. The van der Waals surface area contributed by atoms with Gasteiger partial charge in [0.05, 0.1) is 7.11 Å². The SMILES string of the molecule is CCCCN(CC)C(C(=O)O)c1ccc(O)c(OC)c1. The van der Waals surface area contributed by atoms with Gasteiger partial charge in [-0.25, -0.2) is 0 Å². The van der Waals surface area contributed by atoms with Gasteiger partial charge >= 0.3 is 5.97 Å². The molecule has 1 aromatic rings. The van der Waals surface area contributed by atoms with Gasteiger partial charge in [-0.3, -0.25) is 9.69 Å². The van der Waals surface area contributed by atoms with Crippen LogP contribution in [0.2, 0.25) is 0 Å². The molecule has 0 aliphatic heterocycles. The molecule has 5 nitrogen and oxygen atoms in total. The van der Waals surface area contributed by atoms with E-state index >= 15 is 0 Å². The van der Waals surface area contributed by atoms with Crippen molar-refractivity contribution in [2.45, 2.75) is 32.7 Å². The van der Waals surface area contributed by atoms with Gasteiger partial charge in [-0.05, 0) is 37.2 Å². The van der Waals surface area contributed by atoms with Crippen LogP contribution in [0.3, 0.4) is 0 Å². The van der Waals surface area contributed by atoms with Crippen LogP contribution < -0.4 is 4.74 Å². The number of nitrogens with zero attached hydrogens (tertiary/aromatic N) is 1. The smallest absolute Gasteiger partial charge is 0.325 e. The van der Waals surface area contributed by atoms with E-state index in [-0.39, 0.29) is 5.75 Å². The third-order valence-electron chi connectivity index (χ3n) is 3.32. The molecule has 0 bridgehead atoms. The molecule has 0 radical (unpaired) electrons. The maximum absolute atomic E-state index is 11.6. The second-order valence-electron chi connectivity index (χ2n) is 4.65. The molecule has 0 aromatic heterocycles. The lowest BCUT2D eigenvalue weighted by molar-refractivity contribution is -0.143. The molecule has 0 saturated heterocycles. The summed E-state index contributed by atoms with van der Waals surface area (Å²) >= 11 is 0. The number of methoxy groups -OCH3 is 1. The number of carbonyl (C=O) groups is 1. The fourth-order valence-corrected chi connectivity index (χ4v) is 2.20. The van der Waals surface area contributed by atoms with Crippen molar-refractivity contribution in [3.8, 4) is 11.5 Å². The normalized spacial score (nSPS) is 12.4. The van der Waals surface area contributed by atoms with Crippen LogP contribution >= 0.6 is 0 Å². The van der Waals surface area contributed by atoms with E-state index in [9.17, 15) is 15.0 Å². The largest absolute Gasteiger partial charge is 0.504 e. The van der Waals surface area contributed by atoms with Crippen LogP contribution in [0.5, 0.6) is 11.5 Å². The number of phenols is 1. The van der Waals surface area contributed by atoms with E-state index in [1.807, 2.05) is 11.8 Å². The zero-order chi connectivity index (χ0) is 15.1. The summed E-state index contributed by atoms with van der Waals surface area (Å²) in [7, 11) is 1.45. The molecule has 1 unspecified atom stereocenters.